The van der Waals surface area contributed by atoms with Crippen LogP contribution in [0.25, 0.3) is 0 Å². The number of nitrogens with one attached hydrogen (secondary N) is 2. The maximum Gasteiger partial charge on any atom is 0.221 e. The van der Waals surface area contributed by atoms with Crippen LogP contribution in [0, 0.1) is 5.92 Å². The molecule has 3 aliphatic carbocycles. The monoisotopic (exact) mass is 569 g/mol. The summed E-state index contributed by atoms with van der Waals surface area (Å²) in [6.07, 6.45) is 3.35. The highest BCUT2D eigenvalue weighted by molar-refractivity contribution is 5.76. The van der Waals surface area contributed by atoms with Gasteiger partial charge in [0.25, 0.3) is 0 Å². The molecule has 4 rings (SSSR count). The molecule has 40 heavy (non-hydrogen) atoms. The first-order valence-corrected chi connectivity index (χ1v) is 15.0. The van der Waals surface area contributed by atoms with E-state index in [4.69, 9.17) is 31.4 Å². The highest BCUT2D eigenvalue weighted by Crippen LogP contribution is 2.35. The number of nitrogens with two attached hydrogens (primary N) is 3. The van der Waals surface area contributed by atoms with Crippen molar-refractivity contribution in [3.8, 4) is 0 Å². The fourth-order valence-electron chi connectivity index (χ4n) is 6.12. The average Bonchev–Trinajstić information content (AvgIpc) is 3.74. The number of ether oxygens (including phenoxy) is 3. The summed E-state index contributed by atoms with van der Waals surface area (Å²) in [7, 11) is 0. The average molecular weight is 570 g/mol. The van der Waals surface area contributed by atoms with Crippen LogP contribution in [-0.4, -0.2) is 101 Å². The summed E-state index contributed by atoms with van der Waals surface area (Å²) in [6, 6.07) is -0.927. The van der Waals surface area contributed by atoms with Crippen molar-refractivity contribution in [2.45, 2.75) is 132 Å². The topological polar surface area (TPSA) is 208 Å². The van der Waals surface area contributed by atoms with Gasteiger partial charge in [0.05, 0.1) is 30.4 Å². The van der Waals surface area contributed by atoms with Crippen LogP contribution in [0.5, 0.6) is 0 Å². The quantitative estimate of drug-likeness (QED) is 0.127. The molecule has 1 heterocycles. The van der Waals surface area contributed by atoms with Gasteiger partial charge in [0, 0.05) is 37.9 Å². The van der Waals surface area contributed by atoms with Crippen molar-refractivity contribution in [1.29, 1.82) is 0 Å². The molecule has 0 radical (unpaired) electrons. The van der Waals surface area contributed by atoms with E-state index in [1.807, 2.05) is 6.08 Å². The number of hydrogen-bond donors (Lipinski definition) is 8. The molecule has 1 aliphatic heterocycles. The Labute approximate surface area is 237 Å². The molecule has 1 amide bonds. The third-order valence-corrected chi connectivity index (χ3v) is 8.66. The van der Waals surface area contributed by atoms with Gasteiger partial charge >= 0.3 is 0 Å². The van der Waals surface area contributed by atoms with Gasteiger partial charge in [0.15, 0.2) is 6.29 Å². The van der Waals surface area contributed by atoms with Crippen LogP contribution in [0.3, 0.4) is 0 Å². The Morgan fingerprint density at radius 1 is 1.23 bits per heavy atom. The smallest absolute Gasteiger partial charge is 0.221 e. The molecule has 4 aliphatic rings. The zero-order chi connectivity index (χ0) is 28.9. The van der Waals surface area contributed by atoms with Crippen LogP contribution in [0.4, 0.5) is 0 Å². The van der Waals surface area contributed by atoms with Gasteiger partial charge in [-0.05, 0) is 70.4 Å². The first-order valence-electron chi connectivity index (χ1n) is 15.0. The summed E-state index contributed by atoms with van der Waals surface area (Å²) in [6.45, 7) is 3.26. The molecule has 12 heteroatoms. The van der Waals surface area contributed by atoms with Crippen molar-refractivity contribution >= 4 is 5.91 Å². The second kappa shape index (κ2) is 14.2. The van der Waals surface area contributed by atoms with Gasteiger partial charge in [-0.1, -0.05) is 0 Å². The number of hydrogen-bond acceptors (Lipinski definition) is 11. The van der Waals surface area contributed by atoms with Gasteiger partial charge in [0.1, 0.15) is 24.1 Å². The second-order valence-corrected chi connectivity index (χ2v) is 12.4. The highest BCUT2D eigenvalue weighted by atomic mass is 16.7. The van der Waals surface area contributed by atoms with E-state index in [0.717, 1.165) is 25.1 Å². The van der Waals surface area contributed by atoms with E-state index in [1.165, 1.54) is 12.8 Å². The largest absolute Gasteiger partial charge is 0.468 e. The predicted molar refractivity (Wildman–Crippen MR) is 149 cm³/mol. The van der Waals surface area contributed by atoms with Gasteiger partial charge in [-0.2, -0.15) is 0 Å². The Bertz CT molecular complexity index is 857. The van der Waals surface area contributed by atoms with Gasteiger partial charge < -0.3 is 57.4 Å². The SMILES string of the molecule is C[C@]1(O)CC[C@H](O[C@@H]2[C@@H](O)[C@H](O[C@@H]3CCC=C(CNCCC(N)C4CC4)O3)[C@@H](N)C[C@H]2NC(=O)CCN)[C@H](O)C1. The third-order valence-electron chi connectivity index (χ3n) is 8.66. The van der Waals surface area contributed by atoms with E-state index < -0.39 is 54.5 Å². The summed E-state index contributed by atoms with van der Waals surface area (Å²) in [5, 5.41) is 38.8. The number of amides is 1. The van der Waals surface area contributed by atoms with Crippen molar-refractivity contribution in [3.63, 3.8) is 0 Å². The molecule has 0 saturated heterocycles. The summed E-state index contributed by atoms with van der Waals surface area (Å²) >= 11 is 0. The van der Waals surface area contributed by atoms with Crippen LogP contribution in [0.15, 0.2) is 11.8 Å². The van der Waals surface area contributed by atoms with Gasteiger partial charge in [-0.25, -0.2) is 0 Å². The minimum Gasteiger partial charge on any atom is -0.468 e. The maximum absolute atomic E-state index is 12.4. The molecule has 0 aromatic carbocycles. The molecule has 11 N–H and O–H groups in total. The molecule has 12 nitrogen and oxygen atoms in total. The number of carbonyl (C=O) groups excluding carboxylic acids is 1. The zero-order valence-electron chi connectivity index (χ0n) is 23.7. The van der Waals surface area contributed by atoms with Crippen LogP contribution in [-0.2, 0) is 19.0 Å². The lowest BCUT2D eigenvalue weighted by atomic mass is 9.81. The number of aliphatic hydroxyl groups is 3. The molecule has 0 aromatic rings. The fraction of sp³-hybridized carbons (Fsp3) is 0.893. The Balaban J connectivity index is 1.34. The zero-order valence-corrected chi connectivity index (χ0v) is 23.7. The molecule has 0 spiro atoms. The predicted octanol–water partition coefficient (Wildman–Crippen LogP) is -0.916. The van der Waals surface area contributed by atoms with E-state index in [9.17, 15) is 20.1 Å². The van der Waals surface area contributed by atoms with Crippen molar-refractivity contribution in [2.75, 3.05) is 19.6 Å². The second-order valence-electron chi connectivity index (χ2n) is 12.4. The molecule has 3 fully saturated rings. The summed E-state index contributed by atoms with van der Waals surface area (Å²) < 4.78 is 18.6. The van der Waals surface area contributed by atoms with Crippen molar-refractivity contribution in [1.82, 2.24) is 10.6 Å². The number of allylic oxidation sites excluding steroid dienone is 1. The first kappa shape index (κ1) is 31.6. The third kappa shape index (κ3) is 8.83. The maximum atomic E-state index is 12.4. The molecule has 3 saturated carbocycles. The molecule has 10 atom stereocenters. The van der Waals surface area contributed by atoms with Crippen LogP contribution >= 0.6 is 0 Å². The van der Waals surface area contributed by atoms with Crippen LogP contribution < -0.4 is 27.8 Å². The Morgan fingerprint density at radius 3 is 2.70 bits per heavy atom. The van der Waals surface area contributed by atoms with Gasteiger partial charge in [-0.3, -0.25) is 4.79 Å². The Morgan fingerprint density at radius 2 is 2.00 bits per heavy atom. The standard InChI is InChI=1S/C28H51N5O7/c1-28(37)10-7-22(21(34)14-28)39-27-20(33-23(35)8-11-29)13-19(31)26(25(27)36)40-24-4-2-3-17(38-24)15-32-12-9-18(30)16-5-6-16/h3,16,18-22,24-27,32,34,36-37H,2,4-15,29-31H2,1H3,(H,33,35)/t18?,19-,20+,21+,22-,24+,25-,26+,27-,28-/m0/s1. The lowest BCUT2D eigenvalue weighted by Crippen LogP contribution is -2.66. The molecule has 0 bridgehead atoms. The van der Waals surface area contributed by atoms with E-state index in [-0.39, 0.29) is 31.3 Å². The molecular weight excluding hydrogens is 518 g/mol. The van der Waals surface area contributed by atoms with Crippen molar-refractivity contribution in [3.05, 3.63) is 11.8 Å². The lowest BCUT2D eigenvalue weighted by Gasteiger charge is -2.47. The minimum absolute atomic E-state index is 0.134. The molecule has 1 unspecified atom stereocenters. The summed E-state index contributed by atoms with van der Waals surface area (Å²) in [5.41, 5.74) is 17.2. The van der Waals surface area contributed by atoms with Crippen molar-refractivity contribution in [2.24, 2.45) is 23.1 Å². The van der Waals surface area contributed by atoms with Gasteiger partial charge in [0.2, 0.25) is 5.91 Å². The van der Waals surface area contributed by atoms with E-state index in [0.29, 0.717) is 38.1 Å². The first-order chi connectivity index (χ1) is 19.1. The normalized spacial score (nSPS) is 39.2. The number of aliphatic hydroxyl groups excluding tert-OH is 2. The van der Waals surface area contributed by atoms with E-state index in [1.54, 1.807) is 6.92 Å². The van der Waals surface area contributed by atoms with Crippen LogP contribution in [0.1, 0.15) is 71.1 Å². The molecule has 230 valence electrons. The van der Waals surface area contributed by atoms with E-state index in [2.05, 4.69) is 10.6 Å². The van der Waals surface area contributed by atoms with Gasteiger partial charge in [-0.15, -0.1) is 0 Å². The molecule has 0 aromatic heterocycles. The molecular formula is C28H51N5O7. The Kier molecular flexibility index (Phi) is 11.2. The summed E-state index contributed by atoms with van der Waals surface area (Å²) in [5.74, 6) is 1.20. The fourth-order valence-corrected chi connectivity index (χ4v) is 6.12. The lowest BCUT2D eigenvalue weighted by molar-refractivity contribution is -0.235. The van der Waals surface area contributed by atoms with Crippen molar-refractivity contribution < 1.29 is 34.3 Å². The van der Waals surface area contributed by atoms with Crippen LogP contribution in [0.2, 0.25) is 0 Å². The van der Waals surface area contributed by atoms with E-state index >= 15 is 0 Å². The highest BCUT2D eigenvalue weighted by Gasteiger charge is 2.48. The minimum atomic E-state index is -1.18. The number of rotatable bonds is 13. The Hall–Kier alpha value is -1.35. The summed E-state index contributed by atoms with van der Waals surface area (Å²) in [4.78, 5) is 12.4. The number of carbonyl (C=O) groups is 1.